The Morgan fingerprint density at radius 1 is 0.881 bits per heavy atom. The zero-order chi connectivity index (χ0) is 28.9. The topological polar surface area (TPSA) is 87.7 Å². The van der Waals surface area contributed by atoms with Crippen molar-refractivity contribution in [3.8, 4) is 5.75 Å². The molecule has 2 N–H and O–H groups in total. The zero-order valence-corrected chi connectivity index (χ0v) is 24.5. The van der Waals surface area contributed by atoms with Crippen LogP contribution in [-0.4, -0.2) is 38.9 Å². The molecule has 4 aromatic carbocycles. The summed E-state index contributed by atoms with van der Waals surface area (Å²) in [5, 5.41) is 4.96. The van der Waals surface area contributed by atoms with E-state index in [0.29, 0.717) is 13.0 Å². The molecule has 1 amide bonds. The zero-order valence-electron chi connectivity index (χ0n) is 23.7. The van der Waals surface area contributed by atoms with E-state index in [2.05, 4.69) is 33.1 Å². The highest BCUT2D eigenvalue weighted by Gasteiger charge is 2.28. The third-order valence-corrected chi connectivity index (χ3v) is 9.70. The second kappa shape index (κ2) is 12.7. The quantitative estimate of drug-likeness (QED) is 0.257. The van der Waals surface area contributed by atoms with E-state index in [1.165, 1.54) is 24.8 Å². The second-order valence-corrected chi connectivity index (χ2v) is 13.0. The summed E-state index contributed by atoms with van der Waals surface area (Å²) < 4.78 is 35.8. The van der Waals surface area contributed by atoms with Crippen LogP contribution in [0.4, 0.5) is 0 Å². The van der Waals surface area contributed by atoms with Crippen molar-refractivity contribution in [2.75, 3.05) is 19.7 Å². The fourth-order valence-electron chi connectivity index (χ4n) is 6.00. The molecule has 0 unspecified atom stereocenters. The van der Waals surface area contributed by atoms with Gasteiger partial charge in [-0.05, 0) is 66.0 Å². The average molecular weight is 584 g/mol. The fraction of sp³-hybridized carbons (Fsp3) is 0.324. The molecule has 218 valence electrons. The fourth-order valence-corrected chi connectivity index (χ4v) is 7.26. The molecule has 0 aliphatic carbocycles. The Bertz CT molecular complexity index is 1650. The van der Waals surface area contributed by atoms with Gasteiger partial charge in [-0.15, -0.1) is 0 Å². The molecular formula is C34H37N3O4S. The van der Waals surface area contributed by atoms with Gasteiger partial charge in [0, 0.05) is 24.9 Å². The van der Waals surface area contributed by atoms with Gasteiger partial charge in [0.2, 0.25) is 15.9 Å². The van der Waals surface area contributed by atoms with Gasteiger partial charge in [-0.1, -0.05) is 79.2 Å². The molecule has 2 heterocycles. The summed E-state index contributed by atoms with van der Waals surface area (Å²) in [6.45, 7) is 3.68. The van der Waals surface area contributed by atoms with Crippen LogP contribution in [0.15, 0.2) is 95.9 Å². The van der Waals surface area contributed by atoms with Crippen molar-refractivity contribution in [3.63, 3.8) is 0 Å². The summed E-state index contributed by atoms with van der Waals surface area (Å²) in [6, 6.07) is 27.3. The molecule has 0 saturated carbocycles. The van der Waals surface area contributed by atoms with E-state index in [9.17, 15) is 13.2 Å². The van der Waals surface area contributed by atoms with E-state index in [4.69, 9.17) is 4.74 Å². The monoisotopic (exact) mass is 583 g/mol. The maximum atomic E-state index is 13.5. The van der Waals surface area contributed by atoms with Crippen molar-refractivity contribution in [2.45, 2.75) is 55.6 Å². The Balaban J connectivity index is 1.17. The standard InChI is InChI=1S/C34H37N3O4S/c38-34(35-31-17-20-41-33-21-25(13-16-30(31)33)24-37-18-7-2-8-19-37)23-32(27-10-3-1-4-11-27)36-42(39,40)29-15-14-26-9-5-6-12-28(26)22-29/h1,3-6,9-16,21-22,31-32,36H,2,7-8,17-20,23-24H2,(H,35,38)/t31-,32+/m0/s1. The molecule has 2 aliphatic heterocycles. The first-order valence-electron chi connectivity index (χ1n) is 14.8. The third kappa shape index (κ3) is 6.67. The first kappa shape index (κ1) is 28.4. The highest BCUT2D eigenvalue weighted by atomic mass is 32.2. The lowest BCUT2D eigenvalue weighted by atomic mass is 9.97. The minimum absolute atomic E-state index is 0.0312. The van der Waals surface area contributed by atoms with Crippen LogP contribution in [0.3, 0.4) is 0 Å². The Morgan fingerprint density at radius 2 is 1.64 bits per heavy atom. The van der Waals surface area contributed by atoms with Gasteiger partial charge in [-0.25, -0.2) is 13.1 Å². The van der Waals surface area contributed by atoms with Crippen LogP contribution >= 0.6 is 0 Å². The predicted octanol–water partition coefficient (Wildman–Crippen LogP) is 5.88. The Labute approximate surface area is 247 Å². The van der Waals surface area contributed by atoms with Gasteiger partial charge >= 0.3 is 0 Å². The van der Waals surface area contributed by atoms with Gasteiger partial charge in [0.25, 0.3) is 0 Å². The predicted molar refractivity (Wildman–Crippen MR) is 165 cm³/mol. The van der Waals surface area contributed by atoms with Crippen LogP contribution in [0.1, 0.15) is 60.9 Å². The normalized spacial score (nSPS) is 18.1. The van der Waals surface area contributed by atoms with Crippen molar-refractivity contribution in [2.24, 2.45) is 0 Å². The van der Waals surface area contributed by atoms with Crippen LogP contribution in [0.5, 0.6) is 5.75 Å². The minimum atomic E-state index is -3.90. The van der Waals surface area contributed by atoms with E-state index in [-0.39, 0.29) is 23.3 Å². The van der Waals surface area contributed by atoms with Crippen LogP contribution in [-0.2, 0) is 21.4 Å². The summed E-state index contributed by atoms with van der Waals surface area (Å²) in [5.41, 5.74) is 2.91. The molecule has 4 aromatic rings. The summed E-state index contributed by atoms with van der Waals surface area (Å²) in [5.74, 6) is 0.595. The summed E-state index contributed by atoms with van der Waals surface area (Å²) in [4.78, 5) is 16.1. The summed E-state index contributed by atoms with van der Waals surface area (Å²) in [7, 11) is -3.90. The number of carbonyl (C=O) groups is 1. The van der Waals surface area contributed by atoms with Crippen LogP contribution in [0.2, 0.25) is 0 Å². The molecule has 0 radical (unpaired) electrons. The van der Waals surface area contributed by atoms with Gasteiger partial charge in [0.05, 0.1) is 23.6 Å². The van der Waals surface area contributed by atoms with E-state index >= 15 is 0 Å². The van der Waals surface area contributed by atoms with Crippen LogP contribution in [0.25, 0.3) is 10.8 Å². The van der Waals surface area contributed by atoms with Crippen molar-refractivity contribution in [3.05, 3.63) is 108 Å². The van der Waals surface area contributed by atoms with Crippen molar-refractivity contribution < 1.29 is 17.9 Å². The lowest BCUT2D eigenvalue weighted by Crippen LogP contribution is -2.36. The lowest BCUT2D eigenvalue weighted by molar-refractivity contribution is -0.122. The molecule has 2 atom stereocenters. The molecule has 1 fully saturated rings. The van der Waals surface area contributed by atoms with E-state index in [0.717, 1.165) is 47.3 Å². The van der Waals surface area contributed by atoms with Gasteiger partial charge in [0.1, 0.15) is 5.75 Å². The van der Waals surface area contributed by atoms with Crippen LogP contribution in [0, 0.1) is 0 Å². The van der Waals surface area contributed by atoms with Gasteiger partial charge in [-0.3, -0.25) is 9.69 Å². The van der Waals surface area contributed by atoms with Gasteiger partial charge in [0.15, 0.2) is 0 Å². The molecule has 42 heavy (non-hydrogen) atoms. The lowest BCUT2D eigenvalue weighted by Gasteiger charge is -2.29. The molecule has 2 aliphatic rings. The first-order valence-corrected chi connectivity index (χ1v) is 16.3. The van der Waals surface area contributed by atoms with E-state index in [1.807, 2.05) is 54.6 Å². The number of hydrogen-bond donors (Lipinski definition) is 2. The molecule has 1 saturated heterocycles. The highest BCUT2D eigenvalue weighted by Crippen LogP contribution is 2.34. The third-order valence-electron chi connectivity index (χ3n) is 8.23. The Kier molecular flexibility index (Phi) is 8.55. The number of carbonyl (C=O) groups excluding carboxylic acids is 1. The summed E-state index contributed by atoms with van der Waals surface area (Å²) >= 11 is 0. The minimum Gasteiger partial charge on any atom is -0.493 e. The molecule has 0 aromatic heterocycles. The number of hydrogen-bond acceptors (Lipinski definition) is 5. The number of rotatable bonds is 9. The van der Waals surface area contributed by atoms with Crippen molar-refractivity contribution in [1.82, 2.24) is 14.9 Å². The molecule has 6 rings (SSSR count). The number of fused-ring (bicyclic) bond motifs is 2. The van der Waals surface area contributed by atoms with Crippen molar-refractivity contribution >= 4 is 26.7 Å². The maximum Gasteiger partial charge on any atom is 0.241 e. The molecule has 0 bridgehead atoms. The number of amides is 1. The number of benzene rings is 4. The number of nitrogens with one attached hydrogen (secondary N) is 2. The van der Waals surface area contributed by atoms with E-state index < -0.39 is 16.1 Å². The van der Waals surface area contributed by atoms with Gasteiger partial charge < -0.3 is 10.1 Å². The molecule has 0 spiro atoms. The van der Waals surface area contributed by atoms with Crippen LogP contribution < -0.4 is 14.8 Å². The van der Waals surface area contributed by atoms with E-state index in [1.54, 1.807) is 18.2 Å². The molecule has 8 heteroatoms. The Morgan fingerprint density at radius 3 is 2.45 bits per heavy atom. The molecule has 7 nitrogen and oxygen atoms in total. The van der Waals surface area contributed by atoms with Crippen molar-refractivity contribution in [1.29, 1.82) is 0 Å². The average Bonchev–Trinajstić information content (AvgIpc) is 3.01. The first-order chi connectivity index (χ1) is 20.4. The smallest absolute Gasteiger partial charge is 0.241 e. The SMILES string of the molecule is O=C(C[C@@H](NS(=O)(=O)c1ccc2ccccc2c1)c1ccccc1)N[C@H]1CCOc2cc(CN3CCCCC3)ccc21. The number of nitrogens with zero attached hydrogens (tertiary/aromatic N) is 1. The largest absolute Gasteiger partial charge is 0.493 e. The molecular weight excluding hydrogens is 546 g/mol. The maximum absolute atomic E-state index is 13.5. The second-order valence-electron chi connectivity index (χ2n) is 11.3. The Hall–Kier alpha value is -3.72. The summed E-state index contributed by atoms with van der Waals surface area (Å²) in [6.07, 6.45) is 4.43. The van der Waals surface area contributed by atoms with Gasteiger partial charge in [-0.2, -0.15) is 0 Å². The number of likely N-dealkylation sites (tertiary alicyclic amines) is 1. The number of ether oxygens (including phenoxy) is 1. The number of sulfonamides is 1. The number of piperidine rings is 1. The highest BCUT2D eigenvalue weighted by molar-refractivity contribution is 7.89.